The number of anilines is 1. The van der Waals surface area contributed by atoms with Crippen molar-refractivity contribution >= 4 is 17.8 Å². The molecule has 0 bridgehead atoms. The van der Waals surface area contributed by atoms with E-state index in [0.717, 1.165) is 0 Å². The molecule has 2 aromatic heterocycles. The predicted molar refractivity (Wildman–Crippen MR) is 77.4 cm³/mol. The number of nitrogens with one attached hydrogen (secondary N) is 1. The lowest BCUT2D eigenvalue weighted by Crippen LogP contribution is -2.35. The zero-order chi connectivity index (χ0) is 15.5. The maximum atomic E-state index is 11.9. The van der Waals surface area contributed by atoms with Crippen LogP contribution in [0.1, 0.15) is 10.5 Å². The Hall–Kier alpha value is -2.90. The van der Waals surface area contributed by atoms with Crippen LogP contribution < -0.4 is 10.2 Å². The molecule has 114 valence electrons. The van der Waals surface area contributed by atoms with Crippen molar-refractivity contribution < 1.29 is 14.3 Å². The molecule has 8 heteroatoms. The van der Waals surface area contributed by atoms with Gasteiger partial charge in [-0.25, -0.2) is 4.79 Å². The van der Waals surface area contributed by atoms with E-state index in [1.54, 1.807) is 48.4 Å². The zero-order valence-corrected chi connectivity index (χ0v) is 12.0. The van der Waals surface area contributed by atoms with Crippen LogP contribution in [0.2, 0.25) is 0 Å². The van der Waals surface area contributed by atoms with Crippen LogP contribution in [0.4, 0.5) is 10.6 Å². The minimum Gasteiger partial charge on any atom is -0.442 e. The van der Waals surface area contributed by atoms with E-state index in [2.05, 4.69) is 15.4 Å². The van der Waals surface area contributed by atoms with Gasteiger partial charge >= 0.3 is 6.09 Å². The third-order valence-electron chi connectivity index (χ3n) is 3.33. The van der Waals surface area contributed by atoms with E-state index in [1.165, 1.54) is 4.90 Å². The number of pyridine rings is 1. The molecule has 0 aromatic carbocycles. The molecule has 3 heterocycles. The van der Waals surface area contributed by atoms with Crippen LogP contribution in [-0.2, 0) is 11.8 Å². The number of hydrogen-bond donors (Lipinski definition) is 1. The highest BCUT2D eigenvalue weighted by molar-refractivity contribution is 5.92. The number of aryl methyl sites for hydroxylation is 1. The van der Waals surface area contributed by atoms with Gasteiger partial charge in [-0.05, 0) is 12.1 Å². The lowest BCUT2D eigenvalue weighted by molar-refractivity contribution is 0.0911. The van der Waals surface area contributed by atoms with Crippen molar-refractivity contribution in [1.29, 1.82) is 0 Å². The smallest absolute Gasteiger partial charge is 0.416 e. The molecule has 0 saturated carbocycles. The fraction of sp³-hybridized carbons (Fsp3) is 0.286. The number of aromatic nitrogens is 3. The normalized spacial score (nSPS) is 17.4. The predicted octanol–water partition coefficient (Wildman–Crippen LogP) is 0.570. The summed E-state index contributed by atoms with van der Waals surface area (Å²) in [5.41, 5.74) is 0.329. The van der Waals surface area contributed by atoms with Gasteiger partial charge in [-0.2, -0.15) is 5.10 Å². The molecule has 1 saturated heterocycles. The van der Waals surface area contributed by atoms with Gasteiger partial charge in [0, 0.05) is 19.3 Å². The first-order valence-corrected chi connectivity index (χ1v) is 6.80. The van der Waals surface area contributed by atoms with Crippen molar-refractivity contribution in [3.05, 3.63) is 42.4 Å². The van der Waals surface area contributed by atoms with Crippen molar-refractivity contribution in [2.45, 2.75) is 6.10 Å². The first kappa shape index (κ1) is 14.1. The largest absolute Gasteiger partial charge is 0.442 e. The first-order chi connectivity index (χ1) is 10.6. The lowest BCUT2D eigenvalue weighted by Gasteiger charge is -2.12. The maximum Gasteiger partial charge on any atom is 0.416 e. The Morgan fingerprint density at radius 1 is 1.41 bits per heavy atom. The van der Waals surface area contributed by atoms with Crippen molar-refractivity contribution in [1.82, 2.24) is 20.1 Å². The molecule has 0 spiro atoms. The fourth-order valence-corrected chi connectivity index (χ4v) is 2.24. The second-order valence-electron chi connectivity index (χ2n) is 4.85. The van der Waals surface area contributed by atoms with Gasteiger partial charge in [-0.15, -0.1) is 0 Å². The highest BCUT2D eigenvalue weighted by atomic mass is 16.6. The van der Waals surface area contributed by atoms with Crippen LogP contribution in [0.3, 0.4) is 0 Å². The molecule has 1 unspecified atom stereocenters. The van der Waals surface area contributed by atoms with Crippen LogP contribution in [0.5, 0.6) is 0 Å². The molecule has 0 radical (unpaired) electrons. The summed E-state index contributed by atoms with van der Waals surface area (Å²) in [7, 11) is 1.75. The summed E-state index contributed by atoms with van der Waals surface area (Å²) in [6, 6.07) is 6.83. The Kier molecular flexibility index (Phi) is 3.73. The maximum absolute atomic E-state index is 11.9. The quantitative estimate of drug-likeness (QED) is 0.891. The molecule has 1 N–H and O–H groups in total. The van der Waals surface area contributed by atoms with Gasteiger partial charge in [-0.1, -0.05) is 6.07 Å². The summed E-state index contributed by atoms with van der Waals surface area (Å²) in [5.74, 6) is 0.360. The highest BCUT2D eigenvalue weighted by Crippen LogP contribution is 2.20. The summed E-state index contributed by atoms with van der Waals surface area (Å²) < 4.78 is 6.84. The number of cyclic esters (lactones) is 1. The van der Waals surface area contributed by atoms with E-state index in [0.29, 0.717) is 18.1 Å². The van der Waals surface area contributed by atoms with Crippen molar-refractivity contribution in [2.24, 2.45) is 7.05 Å². The average Bonchev–Trinajstić information content (AvgIpc) is 3.11. The molecule has 2 aromatic rings. The van der Waals surface area contributed by atoms with E-state index in [1.807, 2.05) is 0 Å². The number of rotatable bonds is 4. The Morgan fingerprint density at radius 3 is 2.95 bits per heavy atom. The SMILES string of the molecule is Cn1nccc1N1CC(CNC(=O)c2ccccn2)OC1=O. The van der Waals surface area contributed by atoms with E-state index < -0.39 is 12.2 Å². The Balaban J connectivity index is 1.58. The fourth-order valence-electron chi connectivity index (χ4n) is 2.24. The average molecular weight is 301 g/mol. The summed E-state index contributed by atoms with van der Waals surface area (Å²) in [5, 5.41) is 6.74. The number of nitrogens with zero attached hydrogens (tertiary/aromatic N) is 4. The van der Waals surface area contributed by atoms with Gasteiger partial charge in [0.2, 0.25) is 0 Å². The van der Waals surface area contributed by atoms with Gasteiger partial charge in [0.15, 0.2) is 0 Å². The summed E-state index contributed by atoms with van der Waals surface area (Å²) in [6.07, 6.45) is 2.31. The molecule has 0 aliphatic carbocycles. The number of amides is 2. The topological polar surface area (TPSA) is 89.3 Å². The molecule has 1 fully saturated rings. The van der Waals surface area contributed by atoms with Crippen LogP contribution in [0.25, 0.3) is 0 Å². The third kappa shape index (κ3) is 2.76. The lowest BCUT2D eigenvalue weighted by atomic mass is 10.3. The van der Waals surface area contributed by atoms with E-state index in [9.17, 15) is 9.59 Å². The number of carbonyl (C=O) groups excluding carboxylic acids is 2. The van der Waals surface area contributed by atoms with Gasteiger partial charge in [0.05, 0.1) is 19.3 Å². The van der Waals surface area contributed by atoms with E-state index >= 15 is 0 Å². The standard InChI is InChI=1S/C14H15N5O3/c1-18-12(5-7-17-18)19-9-10(22-14(19)21)8-16-13(20)11-4-2-3-6-15-11/h2-7,10H,8-9H2,1H3,(H,16,20). The third-order valence-corrected chi connectivity index (χ3v) is 3.33. The van der Waals surface area contributed by atoms with Gasteiger partial charge in [-0.3, -0.25) is 19.4 Å². The minimum absolute atomic E-state index is 0.232. The Labute approximate surface area is 126 Å². The Bertz CT molecular complexity index is 685. The summed E-state index contributed by atoms with van der Waals surface area (Å²) in [6.45, 7) is 0.594. The number of carbonyl (C=O) groups is 2. The van der Waals surface area contributed by atoms with Crippen LogP contribution in [-0.4, -0.2) is 46.0 Å². The number of ether oxygens (including phenoxy) is 1. The molecule has 2 amide bonds. The second kappa shape index (κ2) is 5.84. The van der Waals surface area contributed by atoms with Gasteiger partial charge in [0.1, 0.15) is 17.6 Å². The van der Waals surface area contributed by atoms with Gasteiger partial charge < -0.3 is 10.1 Å². The molecule has 1 aliphatic heterocycles. The second-order valence-corrected chi connectivity index (χ2v) is 4.85. The van der Waals surface area contributed by atoms with Crippen LogP contribution >= 0.6 is 0 Å². The molecule has 1 aliphatic rings. The molecule has 22 heavy (non-hydrogen) atoms. The Morgan fingerprint density at radius 2 is 2.27 bits per heavy atom. The van der Waals surface area contributed by atoms with Crippen molar-refractivity contribution in [3.63, 3.8) is 0 Å². The molecule has 1 atom stereocenters. The van der Waals surface area contributed by atoms with Gasteiger partial charge in [0.25, 0.3) is 5.91 Å². The minimum atomic E-state index is -0.444. The summed E-state index contributed by atoms with van der Waals surface area (Å²) in [4.78, 5) is 29.2. The molecular weight excluding hydrogens is 286 g/mol. The highest BCUT2D eigenvalue weighted by Gasteiger charge is 2.33. The molecule has 8 nitrogen and oxygen atoms in total. The molecular formula is C14H15N5O3. The van der Waals surface area contributed by atoms with Crippen LogP contribution in [0, 0.1) is 0 Å². The summed E-state index contributed by atoms with van der Waals surface area (Å²) >= 11 is 0. The number of hydrogen-bond acceptors (Lipinski definition) is 5. The van der Waals surface area contributed by atoms with E-state index in [-0.39, 0.29) is 12.5 Å². The monoisotopic (exact) mass is 301 g/mol. The first-order valence-electron chi connectivity index (χ1n) is 6.80. The van der Waals surface area contributed by atoms with Crippen molar-refractivity contribution in [3.8, 4) is 0 Å². The van der Waals surface area contributed by atoms with E-state index in [4.69, 9.17) is 4.74 Å². The van der Waals surface area contributed by atoms with Crippen molar-refractivity contribution in [2.75, 3.05) is 18.0 Å². The zero-order valence-electron chi connectivity index (χ0n) is 12.0. The molecule has 3 rings (SSSR count). The van der Waals surface area contributed by atoms with Crippen LogP contribution in [0.15, 0.2) is 36.7 Å².